The second-order valence-electron chi connectivity index (χ2n) is 5.39. The van der Waals surface area contributed by atoms with Crippen LogP contribution in [0.25, 0.3) is 0 Å². The highest BCUT2D eigenvalue weighted by molar-refractivity contribution is 5.96. The SMILES string of the molecule is CC(C)(NC(=O)C1(c2ccccc2)CC1)C(N)=O. The van der Waals surface area contributed by atoms with Crippen molar-refractivity contribution in [2.45, 2.75) is 37.6 Å². The third-order valence-corrected chi connectivity index (χ3v) is 3.55. The molecule has 4 nitrogen and oxygen atoms in total. The van der Waals surface area contributed by atoms with Crippen LogP contribution in [0.2, 0.25) is 0 Å². The summed E-state index contributed by atoms with van der Waals surface area (Å²) in [5.41, 5.74) is 4.79. The predicted molar refractivity (Wildman–Crippen MR) is 68.8 cm³/mol. The number of carbonyl (C=O) groups is 2. The zero-order chi connectivity index (χ0) is 13.4. The first-order valence-corrected chi connectivity index (χ1v) is 6.06. The lowest BCUT2D eigenvalue weighted by Gasteiger charge is -2.26. The fourth-order valence-electron chi connectivity index (χ4n) is 1.99. The highest BCUT2D eigenvalue weighted by Gasteiger charge is 2.52. The summed E-state index contributed by atoms with van der Waals surface area (Å²) in [5.74, 6) is -0.641. The summed E-state index contributed by atoms with van der Waals surface area (Å²) in [5, 5.41) is 2.74. The van der Waals surface area contributed by atoms with Crippen LogP contribution in [0.5, 0.6) is 0 Å². The van der Waals surface area contributed by atoms with Gasteiger partial charge in [0.15, 0.2) is 0 Å². The van der Waals surface area contributed by atoms with Crippen LogP contribution in [-0.2, 0) is 15.0 Å². The zero-order valence-electron chi connectivity index (χ0n) is 10.7. The molecule has 0 heterocycles. The van der Waals surface area contributed by atoms with Crippen LogP contribution in [-0.4, -0.2) is 17.4 Å². The normalized spacial score (nSPS) is 17.0. The number of nitrogens with one attached hydrogen (secondary N) is 1. The van der Waals surface area contributed by atoms with Crippen molar-refractivity contribution >= 4 is 11.8 Å². The molecule has 1 aromatic rings. The number of hydrogen-bond donors (Lipinski definition) is 2. The summed E-state index contributed by atoms with van der Waals surface area (Å²) >= 11 is 0. The molecule has 0 unspecified atom stereocenters. The number of nitrogens with two attached hydrogens (primary N) is 1. The highest BCUT2D eigenvalue weighted by Crippen LogP contribution is 2.48. The minimum absolute atomic E-state index is 0.113. The van der Waals surface area contributed by atoms with Gasteiger partial charge in [-0.15, -0.1) is 0 Å². The standard InChI is InChI=1S/C14H18N2O2/c1-13(2,11(15)17)16-12(18)14(8-9-14)10-6-4-3-5-7-10/h3-7H,8-9H2,1-2H3,(H2,15,17)(H,16,18). The van der Waals surface area contributed by atoms with Crippen molar-refractivity contribution in [3.63, 3.8) is 0 Å². The summed E-state index contributed by atoms with van der Waals surface area (Å²) in [6.07, 6.45) is 1.63. The van der Waals surface area contributed by atoms with E-state index in [1.807, 2.05) is 30.3 Å². The molecule has 96 valence electrons. The summed E-state index contributed by atoms with van der Waals surface area (Å²) < 4.78 is 0. The van der Waals surface area contributed by atoms with Gasteiger partial charge >= 0.3 is 0 Å². The van der Waals surface area contributed by atoms with Crippen molar-refractivity contribution in [1.29, 1.82) is 0 Å². The van der Waals surface area contributed by atoms with Gasteiger partial charge in [0.1, 0.15) is 5.54 Å². The van der Waals surface area contributed by atoms with Crippen LogP contribution in [0, 0.1) is 0 Å². The monoisotopic (exact) mass is 246 g/mol. The predicted octanol–water partition coefficient (Wildman–Crippen LogP) is 1.10. The van der Waals surface area contributed by atoms with E-state index in [4.69, 9.17) is 5.73 Å². The minimum Gasteiger partial charge on any atom is -0.368 e. The molecule has 1 aliphatic rings. The topological polar surface area (TPSA) is 72.2 Å². The molecular formula is C14H18N2O2. The number of hydrogen-bond acceptors (Lipinski definition) is 2. The lowest BCUT2D eigenvalue weighted by molar-refractivity contribution is -0.131. The first kappa shape index (κ1) is 12.6. The van der Waals surface area contributed by atoms with Crippen LogP contribution in [0.15, 0.2) is 30.3 Å². The van der Waals surface area contributed by atoms with Crippen molar-refractivity contribution in [2.75, 3.05) is 0 Å². The third-order valence-electron chi connectivity index (χ3n) is 3.55. The molecule has 0 bridgehead atoms. The Bertz CT molecular complexity index is 476. The first-order valence-electron chi connectivity index (χ1n) is 6.06. The molecule has 1 aliphatic carbocycles. The second-order valence-corrected chi connectivity index (χ2v) is 5.39. The van der Waals surface area contributed by atoms with Gasteiger partial charge in [-0.2, -0.15) is 0 Å². The Kier molecular flexibility index (Phi) is 2.89. The number of amides is 2. The van der Waals surface area contributed by atoms with E-state index in [1.165, 1.54) is 0 Å². The van der Waals surface area contributed by atoms with Gasteiger partial charge in [0, 0.05) is 0 Å². The van der Waals surface area contributed by atoms with Crippen LogP contribution in [0.1, 0.15) is 32.3 Å². The van der Waals surface area contributed by atoms with Gasteiger partial charge < -0.3 is 11.1 Å². The number of benzene rings is 1. The van der Waals surface area contributed by atoms with Crippen molar-refractivity contribution in [1.82, 2.24) is 5.32 Å². The molecule has 1 aromatic carbocycles. The molecule has 0 saturated heterocycles. The van der Waals surface area contributed by atoms with Gasteiger partial charge in [-0.1, -0.05) is 30.3 Å². The zero-order valence-corrected chi connectivity index (χ0v) is 10.7. The molecule has 1 saturated carbocycles. The Balaban J connectivity index is 2.18. The maximum Gasteiger partial charge on any atom is 0.242 e. The van der Waals surface area contributed by atoms with Crippen LogP contribution >= 0.6 is 0 Å². The molecule has 18 heavy (non-hydrogen) atoms. The van der Waals surface area contributed by atoms with Crippen LogP contribution < -0.4 is 11.1 Å². The average Bonchev–Trinajstić information content (AvgIpc) is 3.10. The van der Waals surface area contributed by atoms with Gasteiger partial charge in [0.25, 0.3) is 0 Å². The van der Waals surface area contributed by atoms with Gasteiger partial charge in [-0.25, -0.2) is 0 Å². The Hall–Kier alpha value is -1.84. The second kappa shape index (κ2) is 4.12. The summed E-state index contributed by atoms with van der Waals surface area (Å²) in [6, 6.07) is 9.66. The Labute approximate surface area is 107 Å². The lowest BCUT2D eigenvalue weighted by atomic mass is 9.93. The molecule has 2 rings (SSSR count). The van der Waals surface area contributed by atoms with Crippen LogP contribution in [0.3, 0.4) is 0 Å². The Morgan fingerprint density at radius 3 is 2.22 bits per heavy atom. The van der Waals surface area contributed by atoms with Crippen molar-refractivity contribution in [3.05, 3.63) is 35.9 Å². The van der Waals surface area contributed by atoms with E-state index in [0.29, 0.717) is 0 Å². The van der Waals surface area contributed by atoms with E-state index < -0.39 is 16.9 Å². The van der Waals surface area contributed by atoms with Crippen molar-refractivity contribution < 1.29 is 9.59 Å². The average molecular weight is 246 g/mol. The third kappa shape index (κ3) is 2.10. The summed E-state index contributed by atoms with van der Waals surface area (Å²) in [7, 11) is 0. The Morgan fingerprint density at radius 1 is 1.22 bits per heavy atom. The molecule has 0 radical (unpaired) electrons. The fraction of sp³-hybridized carbons (Fsp3) is 0.429. The van der Waals surface area contributed by atoms with E-state index in [1.54, 1.807) is 13.8 Å². The minimum atomic E-state index is -1.01. The smallest absolute Gasteiger partial charge is 0.242 e. The number of primary amides is 1. The molecule has 2 amide bonds. The lowest BCUT2D eigenvalue weighted by Crippen LogP contribution is -2.55. The number of rotatable bonds is 4. The van der Waals surface area contributed by atoms with Crippen molar-refractivity contribution in [3.8, 4) is 0 Å². The van der Waals surface area contributed by atoms with Crippen LogP contribution in [0.4, 0.5) is 0 Å². The molecule has 0 spiro atoms. The first-order chi connectivity index (χ1) is 8.38. The quantitative estimate of drug-likeness (QED) is 0.835. The highest BCUT2D eigenvalue weighted by atomic mass is 16.2. The Morgan fingerprint density at radius 2 is 1.78 bits per heavy atom. The molecule has 4 heteroatoms. The number of carbonyl (C=O) groups excluding carboxylic acids is 2. The summed E-state index contributed by atoms with van der Waals surface area (Å²) in [4.78, 5) is 23.6. The fourth-order valence-corrected chi connectivity index (χ4v) is 1.99. The van der Waals surface area contributed by atoms with E-state index in [2.05, 4.69) is 5.32 Å². The van der Waals surface area contributed by atoms with Crippen molar-refractivity contribution in [2.24, 2.45) is 5.73 Å². The molecule has 0 aromatic heterocycles. The van der Waals surface area contributed by atoms with Gasteiger partial charge in [0.05, 0.1) is 5.41 Å². The maximum absolute atomic E-state index is 12.3. The van der Waals surface area contributed by atoms with E-state index in [0.717, 1.165) is 18.4 Å². The van der Waals surface area contributed by atoms with Gasteiger partial charge in [0.2, 0.25) is 11.8 Å². The molecule has 0 atom stereocenters. The molecule has 0 aliphatic heterocycles. The maximum atomic E-state index is 12.3. The largest absolute Gasteiger partial charge is 0.368 e. The van der Waals surface area contributed by atoms with E-state index in [9.17, 15) is 9.59 Å². The van der Waals surface area contributed by atoms with E-state index in [-0.39, 0.29) is 5.91 Å². The molecule has 3 N–H and O–H groups in total. The van der Waals surface area contributed by atoms with E-state index >= 15 is 0 Å². The van der Waals surface area contributed by atoms with Gasteiger partial charge in [-0.05, 0) is 32.3 Å². The molecule has 1 fully saturated rings. The molecular weight excluding hydrogens is 228 g/mol. The summed E-state index contributed by atoms with van der Waals surface area (Å²) in [6.45, 7) is 3.24. The van der Waals surface area contributed by atoms with Gasteiger partial charge in [-0.3, -0.25) is 9.59 Å².